The van der Waals surface area contributed by atoms with Gasteiger partial charge in [-0.15, -0.1) is 0 Å². The summed E-state index contributed by atoms with van der Waals surface area (Å²) in [6, 6.07) is 3.95. The Morgan fingerprint density at radius 3 is 2.39 bits per heavy atom. The van der Waals surface area contributed by atoms with E-state index in [0.29, 0.717) is 10.5 Å². The van der Waals surface area contributed by atoms with Crippen LogP contribution < -0.4 is 5.32 Å². The summed E-state index contributed by atoms with van der Waals surface area (Å²) in [6.07, 6.45) is 3.74. The lowest BCUT2D eigenvalue weighted by atomic mass is 9.80. The number of aryl methyl sites for hydroxylation is 1. The van der Waals surface area contributed by atoms with Gasteiger partial charge in [0.15, 0.2) is 0 Å². The van der Waals surface area contributed by atoms with Crippen LogP contribution in [-0.2, 0) is 0 Å². The fraction of sp³-hybridized carbons (Fsp3) is 0.600. The first-order valence-corrected chi connectivity index (χ1v) is 7.47. The van der Waals surface area contributed by atoms with E-state index in [1.165, 1.54) is 19.3 Å². The highest BCUT2D eigenvalue weighted by molar-refractivity contribution is 9.10. The minimum absolute atomic E-state index is 0.191. The lowest BCUT2D eigenvalue weighted by Gasteiger charge is -2.33. The predicted octanol–water partition coefficient (Wildman–Crippen LogP) is 5.13. The third kappa shape index (κ3) is 3.25. The first-order valence-electron chi connectivity index (χ1n) is 6.68. The van der Waals surface area contributed by atoms with Crippen molar-refractivity contribution in [1.29, 1.82) is 0 Å². The molecule has 3 heteroatoms. The Kier molecular flexibility index (Phi) is 4.31. The highest BCUT2D eigenvalue weighted by atomic mass is 79.9. The fourth-order valence-electron chi connectivity index (χ4n) is 3.09. The average Bonchev–Trinajstić information content (AvgIpc) is 2.24. The Hall–Kier alpha value is -0.570. The first kappa shape index (κ1) is 13.9. The van der Waals surface area contributed by atoms with Crippen molar-refractivity contribution in [2.45, 2.75) is 46.1 Å². The number of hydrogen-bond acceptors (Lipinski definition) is 1. The maximum atomic E-state index is 13.4. The van der Waals surface area contributed by atoms with E-state index in [9.17, 15) is 4.39 Å². The molecule has 18 heavy (non-hydrogen) atoms. The van der Waals surface area contributed by atoms with Crippen LogP contribution >= 0.6 is 15.9 Å². The molecule has 1 N–H and O–H groups in total. The molecule has 1 fully saturated rings. The smallest absolute Gasteiger partial charge is 0.137 e. The van der Waals surface area contributed by atoms with Crippen LogP contribution in [0.3, 0.4) is 0 Å². The number of benzene rings is 1. The zero-order valence-electron chi connectivity index (χ0n) is 11.3. The molecular weight excluding hydrogens is 293 g/mol. The second-order valence-electron chi connectivity index (χ2n) is 5.84. The summed E-state index contributed by atoms with van der Waals surface area (Å²) in [5.74, 6) is 1.36. The van der Waals surface area contributed by atoms with Crippen molar-refractivity contribution in [2.75, 3.05) is 5.32 Å². The largest absolute Gasteiger partial charge is 0.382 e. The van der Waals surface area contributed by atoms with E-state index in [4.69, 9.17) is 0 Å². The summed E-state index contributed by atoms with van der Waals surface area (Å²) in [5, 5.41) is 3.58. The van der Waals surface area contributed by atoms with E-state index < -0.39 is 0 Å². The van der Waals surface area contributed by atoms with Crippen molar-refractivity contribution in [1.82, 2.24) is 0 Å². The van der Waals surface area contributed by atoms with E-state index in [1.54, 1.807) is 6.07 Å². The molecule has 2 unspecified atom stereocenters. The summed E-state index contributed by atoms with van der Waals surface area (Å²) in [5.41, 5.74) is 2.02. The van der Waals surface area contributed by atoms with Gasteiger partial charge in [-0.1, -0.05) is 13.8 Å². The quantitative estimate of drug-likeness (QED) is 0.797. The monoisotopic (exact) mass is 313 g/mol. The molecule has 1 aliphatic carbocycles. The van der Waals surface area contributed by atoms with Crippen LogP contribution in [0.15, 0.2) is 16.6 Å². The second kappa shape index (κ2) is 5.60. The van der Waals surface area contributed by atoms with Gasteiger partial charge in [0.2, 0.25) is 0 Å². The predicted molar refractivity (Wildman–Crippen MR) is 78.4 cm³/mol. The molecule has 2 rings (SSSR count). The van der Waals surface area contributed by atoms with Crippen LogP contribution in [-0.4, -0.2) is 6.04 Å². The molecule has 1 aromatic carbocycles. The number of rotatable bonds is 2. The molecule has 2 atom stereocenters. The SMILES string of the molecule is Cc1cc(F)c(Br)cc1NC1CC(C)CC(C)C1. The zero-order valence-corrected chi connectivity index (χ0v) is 12.8. The van der Waals surface area contributed by atoms with Gasteiger partial charge >= 0.3 is 0 Å². The van der Waals surface area contributed by atoms with E-state index in [1.807, 2.05) is 13.0 Å². The minimum atomic E-state index is -0.191. The summed E-state index contributed by atoms with van der Waals surface area (Å²) in [7, 11) is 0. The number of anilines is 1. The van der Waals surface area contributed by atoms with Crippen LogP contribution in [0.25, 0.3) is 0 Å². The van der Waals surface area contributed by atoms with Gasteiger partial charge in [-0.3, -0.25) is 0 Å². The summed E-state index contributed by atoms with van der Waals surface area (Å²) in [6.45, 7) is 6.59. The van der Waals surface area contributed by atoms with Crippen LogP contribution in [0, 0.1) is 24.6 Å². The molecule has 0 saturated heterocycles. The fourth-order valence-corrected chi connectivity index (χ4v) is 3.43. The molecule has 1 aromatic rings. The van der Waals surface area contributed by atoms with Gasteiger partial charge in [0.1, 0.15) is 5.82 Å². The van der Waals surface area contributed by atoms with Gasteiger partial charge in [-0.05, 0) is 71.6 Å². The Bertz CT molecular complexity index is 423. The molecule has 0 aliphatic heterocycles. The maximum Gasteiger partial charge on any atom is 0.137 e. The summed E-state index contributed by atoms with van der Waals surface area (Å²) < 4.78 is 13.9. The molecule has 1 nitrogen and oxygen atoms in total. The maximum absolute atomic E-state index is 13.4. The molecule has 0 amide bonds. The number of nitrogens with one attached hydrogen (secondary N) is 1. The molecule has 0 spiro atoms. The summed E-state index contributed by atoms with van der Waals surface area (Å²) >= 11 is 3.25. The Labute approximate surface area is 117 Å². The third-order valence-electron chi connectivity index (χ3n) is 3.81. The van der Waals surface area contributed by atoms with Crippen LogP contribution in [0.4, 0.5) is 10.1 Å². The molecular formula is C15H21BrFN. The molecule has 0 aromatic heterocycles. The minimum Gasteiger partial charge on any atom is -0.382 e. The van der Waals surface area contributed by atoms with Crippen LogP contribution in [0.2, 0.25) is 0 Å². The summed E-state index contributed by atoms with van der Waals surface area (Å²) in [4.78, 5) is 0. The molecule has 100 valence electrons. The first-order chi connectivity index (χ1) is 8.45. The highest BCUT2D eigenvalue weighted by Crippen LogP contribution is 2.32. The molecule has 0 heterocycles. The standard InChI is InChI=1S/C15H21BrFN/c1-9-4-10(2)6-12(5-9)18-15-8-13(16)14(17)7-11(15)3/h7-10,12,18H,4-6H2,1-3H3. The highest BCUT2D eigenvalue weighted by Gasteiger charge is 2.24. The number of hydrogen-bond donors (Lipinski definition) is 1. The number of halogens is 2. The lowest BCUT2D eigenvalue weighted by molar-refractivity contribution is 0.281. The van der Waals surface area contributed by atoms with Crippen molar-refractivity contribution in [3.05, 3.63) is 28.0 Å². The van der Waals surface area contributed by atoms with Gasteiger partial charge in [0, 0.05) is 11.7 Å². The van der Waals surface area contributed by atoms with Crippen molar-refractivity contribution >= 4 is 21.6 Å². The topological polar surface area (TPSA) is 12.0 Å². The van der Waals surface area contributed by atoms with Crippen molar-refractivity contribution in [3.8, 4) is 0 Å². The van der Waals surface area contributed by atoms with Gasteiger partial charge in [-0.25, -0.2) is 4.39 Å². The van der Waals surface area contributed by atoms with E-state index in [-0.39, 0.29) is 5.82 Å². The Balaban J connectivity index is 2.11. The van der Waals surface area contributed by atoms with Crippen LogP contribution in [0.1, 0.15) is 38.7 Å². The van der Waals surface area contributed by atoms with Crippen molar-refractivity contribution in [3.63, 3.8) is 0 Å². The van der Waals surface area contributed by atoms with Gasteiger partial charge in [0.25, 0.3) is 0 Å². The normalized spacial score (nSPS) is 28.2. The molecule has 1 aliphatic rings. The van der Waals surface area contributed by atoms with Crippen LogP contribution in [0.5, 0.6) is 0 Å². The van der Waals surface area contributed by atoms with Gasteiger partial charge < -0.3 is 5.32 Å². The van der Waals surface area contributed by atoms with Gasteiger partial charge in [0.05, 0.1) is 4.47 Å². The zero-order chi connectivity index (χ0) is 13.3. The van der Waals surface area contributed by atoms with Crippen molar-refractivity contribution < 1.29 is 4.39 Å². The second-order valence-corrected chi connectivity index (χ2v) is 6.69. The Morgan fingerprint density at radius 1 is 1.17 bits per heavy atom. The van der Waals surface area contributed by atoms with E-state index in [2.05, 4.69) is 35.1 Å². The van der Waals surface area contributed by atoms with E-state index >= 15 is 0 Å². The average molecular weight is 314 g/mol. The van der Waals surface area contributed by atoms with Crippen molar-refractivity contribution in [2.24, 2.45) is 11.8 Å². The molecule has 0 radical (unpaired) electrons. The lowest BCUT2D eigenvalue weighted by Crippen LogP contribution is -2.30. The third-order valence-corrected chi connectivity index (χ3v) is 4.41. The Morgan fingerprint density at radius 2 is 1.78 bits per heavy atom. The van der Waals surface area contributed by atoms with E-state index in [0.717, 1.165) is 23.1 Å². The van der Waals surface area contributed by atoms with Gasteiger partial charge in [-0.2, -0.15) is 0 Å². The molecule has 0 bridgehead atoms. The molecule has 1 saturated carbocycles.